The molecule has 2 aliphatic carbocycles. The molecule has 0 spiro atoms. The molecule has 0 saturated heterocycles. The number of ether oxygens (including phenoxy) is 1. The second-order valence-electron chi connectivity index (χ2n) is 5.25. The van der Waals surface area contributed by atoms with Crippen molar-refractivity contribution >= 4 is 5.69 Å². The van der Waals surface area contributed by atoms with Crippen LogP contribution in [0.25, 0.3) is 0 Å². The van der Waals surface area contributed by atoms with E-state index >= 15 is 0 Å². The molecule has 0 amide bonds. The van der Waals surface area contributed by atoms with Gasteiger partial charge in [0.15, 0.2) is 0 Å². The zero-order chi connectivity index (χ0) is 12.5. The van der Waals surface area contributed by atoms with Crippen LogP contribution in [0.1, 0.15) is 25.7 Å². The molecule has 3 rings (SSSR count). The van der Waals surface area contributed by atoms with Crippen molar-refractivity contribution in [3.8, 4) is 5.75 Å². The first kappa shape index (κ1) is 11.8. The van der Waals surface area contributed by atoms with Gasteiger partial charge < -0.3 is 10.1 Å². The van der Waals surface area contributed by atoms with E-state index in [9.17, 15) is 8.78 Å². The van der Waals surface area contributed by atoms with Gasteiger partial charge in [-0.25, -0.2) is 0 Å². The molecule has 0 bridgehead atoms. The van der Waals surface area contributed by atoms with E-state index in [-0.39, 0.29) is 5.75 Å². The third kappa shape index (κ3) is 2.92. The number of anilines is 1. The van der Waals surface area contributed by atoms with Gasteiger partial charge in [-0.15, -0.1) is 0 Å². The summed E-state index contributed by atoms with van der Waals surface area (Å²) >= 11 is 0. The fourth-order valence-corrected chi connectivity index (χ4v) is 2.46. The zero-order valence-electron chi connectivity index (χ0n) is 10.1. The summed E-state index contributed by atoms with van der Waals surface area (Å²) in [5, 5.41) is 3.54. The van der Waals surface area contributed by atoms with Crippen molar-refractivity contribution < 1.29 is 13.5 Å². The monoisotopic (exact) mass is 253 g/mol. The van der Waals surface area contributed by atoms with Crippen molar-refractivity contribution in [1.82, 2.24) is 0 Å². The van der Waals surface area contributed by atoms with Crippen molar-refractivity contribution in [2.24, 2.45) is 11.8 Å². The summed E-state index contributed by atoms with van der Waals surface area (Å²) in [5.41, 5.74) is 1.00. The fourth-order valence-electron chi connectivity index (χ4n) is 2.46. The SMILES string of the molecule is FC(F)Oc1ccc(NC(C2CC2)C2CC2)cc1. The lowest BCUT2D eigenvalue weighted by Gasteiger charge is -2.19. The largest absolute Gasteiger partial charge is 0.435 e. The minimum absolute atomic E-state index is 0.213. The van der Waals surface area contributed by atoms with Crippen molar-refractivity contribution in [3.63, 3.8) is 0 Å². The molecular formula is C14H17F2NO. The number of halogens is 2. The third-order valence-electron chi connectivity index (χ3n) is 3.67. The molecule has 0 heterocycles. The van der Waals surface area contributed by atoms with Crippen LogP contribution in [0, 0.1) is 11.8 Å². The summed E-state index contributed by atoms with van der Waals surface area (Å²) in [5.74, 6) is 1.84. The summed E-state index contributed by atoms with van der Waals surface area (Å²) < 4.78 is 28.4. The summed E-state index contributed by atoms with van der Waals surface area (Å²) in [4.78, 5) is 0. The standard InChI is InChI=1S/C14H17F2NO/c15-14(16)18-12-7-5-11(6-8-12)17-13(9-1-2-9)10-3-4-10/h5-10,13-14,17H,1-4H2. The maximum atomic E-state index is 12.0. The average Bonchev–Trinajstić information content (AvgIpc) is 3.20. The van der Waals surface area contributed by atoms with Crippen LogP contribution >= 0.6 is 0 Å². The molecule has 2 fully saturated rings. The Morgan fingerprint density at radius 1 is 1.00 bits per heavy atom. The Balaban J connectivity index is 1.61. The predicted molar refractivity (Wildman–Crippen MR) is 65.9 cm³/mol. The molecule has 0 aliphatic heterocycles. The average molecular weight is 253 g/mol. The highest BCUT2D eigenvalue weighted by Gasteiger charge is 2.41. The van der Waals surface area contributed by atoms with Crippen LogP contribution in [0.15, 0.2) is 24.3 Å². The topological polar surface area (TPSA) is 21.3 Å². The van der Waals surface area contributed by atoms with Gasteiger partial charge in [-0.2, -0.15) is 8.78 Å². The van der Waals surface area contributed by atoms with E-state index in [4.69, 9.17) is 0 Å². The Morgan fingerprint density at radius 2 is 1.56 bits per heavy atom. The third-order valence-corrected chi connectivity index (χ3v) is 3.67. The Morgan fingerprint density at radius 3 is 2.00 bits per heavy atom. The van der Waals surface area contributed by atoms with E-state index in [0.29, 0.717) is 6.04 Å². The van der Waals surface area contributed by atoms with Gasteiger partial charge in [-0.05, 0) is 61.8 Å². The highest BCUT2D eigenvalue weighted by atomic mass is 19.3. The molecule has 0 aromatic heterocycles. The number of alkyl halides is 2. The molecule has 2 saturated carbocycles. The summed E-state index contributed by atoms with van der Waals surface area (Å²) in [6.07, 6.45) is 5.28. The number of hydrogen-bond donors (Lipinski definition) is 1. The van der Waals surface area contributed by atoms with Gasteiger partial charge in [0.25, 0.3) is 0 Å². The van der Waals surface area contributed by atoms with Crippen molar-refractivity contribution in [2.75, 3.05) is 5.32 Å². The Bertz CT molecular complexity index is 387. The van der Waals surface area contributed by atoms with E-state index in [1.165, 1.54) is 25.7 Å². The highest BCUT2D eigenvalue weighted by molar-refractivity contribution is 5.47. The number of hydrogen-bond acceptors (Lipinski definition) is 2. The first-order valence-corrected chi connectivity index (χ1v) is 6.54. The molecular weight excluding hydrogens is 236 g/mol. The summed E-state index contributed by atoms with van der Waals surface area (Å²) in [7, 11) is 0. The van der Waals surface area contributed by atoms with E-state index in [1.807, 2.05) is 12.1 Å². The highest BCUT2D eigenvalue weighted by Crippen LogP contribution is 2.45. The molecule has 4 heteroatoms. The first-order valence-electron chi connectivity index (χ1n) is 6.54. The van der Waals surface area contributed by atoms with Gasteiger partial charge in [-0.1, -0.05) is 0 Å². The second-order valence-corrected chi connectivity index (χ2v) is 5.25. The molecule has 98 valence electrons. The number of benzene rings is 1. The Labute approximate surface area is 105 Å². The normalized spacial score (nSPS) is 19.3. The zero-order valence-corrected chi connectivity index (χ0v) is 10.1. The molecule has 0 radical (unpaired) electrons. The fraction of sp³-hybridized carbons (Fsp3) is 0.571. The van der Waals surface area contributed by atoms with Crippen molar-refractivity contribution in [1.29, 1.82) is 0 Å². The predicted octanol–water partition coefficient (Wildman–Crippen LogP) is 3.89. The van der Waals surface area contributed by atoms with Crippen LogP contribution in [-0.4, -0.2) is 12.7 Å². The quantitative estimate of drug-likeness (QED) is 0.830. The minimum Gasteiger partial charge on any atom is -0.435 e. The molecule has 1 aromatic rings. The smallest absolute Gasteiger partial charge is 0.387 e. The van der Waals surface area contributed by atoms with E-state index < -0.39 is 6.61 Å². The molecule has 18 heavy (non-hydrogen) atoms. The number of nitrogens with one attached hydrogen (secondary N) is 1. The van der Waals surface area contributed by atoms with Gasteiger partial charge in [0.05, 0.1) is 0 Å². The van der Waals surface area contributed by atoms with Crippen LogP contribution in [0.4, 0.5) is 14.5 Å². The lowest BCUT2D eigenvalue weighted by atomic mass is 10.1. The maximum absolute atomic E-state index is 12.0. The molecule has 0 atom stereocenters. The first-order chi connectivity index (χ1) is 8.72. The number of rotatable bonds is 6. The van der Waals surface area contributed by atoms with Gasteiger partial charge in [0.2, 0.25) is 0 Å². The lowest BCUT2D eigenvalue weighted by molar-refractivity contribution is -0.0498. The summed E-state index contributed by atoms with van der Waals surface area (Å²) in [6, 6.07) is 7.38. The van der Waals surface area contributed by atoms with E-state index in [2.05, 4.69) is 10.1 Å². The van der Waals surface area contributed by atoms with E-state index in [0.717, 1.165) is 17.5 Å². The van der Waals surface area contributed by atoms with Gasteiger partial charge in [0.1, 0.15) is 5.75 Å². The molecule has 0 unspecified atom stereocenters. The van der Waals surface area contributed by atoms with E-state index in [1.54, 1.807) is 12.1 Å². The molecule has 2 nitrogen and oxygen atoms in total. The van der Waals surface area contributed by atoms with Gasteiger partial charge >= 0.3 is 6.61 Å². The maximum Gasteiger partial charge on any atom is 0.387 e. The second kappa shape index (κ2) is 4.75. The van der Waals surface area contributed by atoms with Crippen molar-refractivity contribution in [2.45, 2.75) is 38.3 Å². The molecule has 2 aliphatic rings. The Hall–Kier alpha value is -1.32. The van der Waals surface area contributed by atoms with Crippen LogP contribution in [-0.2, 0) is 0 Å². The van der Waals surface area contributed by atoms with Crippen LogP contribution in [0.3, 0.4) is 0 Å². The van der Waals surface area contributed by atoms with Gasteiger partial charge in [-0.3, -0.25) is 0 Å². The van der Waals surface area contributed by atoms with Crippen LogP contribution in [0.2, 0.25) is 0 Å². The molecule has 1 aromatic carbocycles. The van der Waals surface area contributed by atoms with Gasteiger partial charge in [0, 0.05) is 11.7 Å². The molecule has 1 N–H and O–H groups in total. The lowest BCUT2D eigenvalue weighted by Crippen LogP contribution is -2.24. The van der Waals surface area contributed by atoms with Crippen LogP contribution < -0.4 is 10.1 Å². The minimum atomic E-state index is -2.76. The Kier molecular flexibility index (Phi) is 3.10. The summed E-state index contributed by atoms with van der Waals surface area (Å²) in [6.45, 7) is -2.76. The van der Waals surface area contributed by atoms with Crippen LogP contribution in [0.5, 0.6) is 5.75 Å². The van der Waals surface area contributed by atoms with Crippen molar-refractivity contribution in [3.05, 3.63) is 24.3 Å².